The van der Waals surface area contributed by atoms with Crippen LogP contribution in [0, 0.1) is 6.92 Å². The first-order valence-electron chi connectivity index (χ1n) is 9.52. The van der Waals surface area contributed by atoms with Gasteiger partial charge in [0, 0.05) is 45.3 Å². The summed E-state index contributed by atoms with van der Waals surface area (Å²) >= 11 is 0. The van der Waals surface area contributed by atoms with E-state index < -0.39 is 10.0 Å². The lowest BCUT2D eigenvalue weighted by atomic mass is 10.1. The molecule has 1 atom stereocenters. The molecule has 0 aliphatic carbocycles. The Morgan fingerprint density at radius 3 is 2.46 bits per heavy atom. The number of sulfonamides is 1. The number of hydrogen-bond acceptors (Lipinski definition) is 5. The Morgan fingerprint density at radius 2 is 1.82 bits per heavy atom. The van der Waals surface area contributed by atoms with E-state index in [2.05, 4.69) is 4.90 Å². The van der Waals surface area contributed by atoms with Crippen LogP contribution >= 0.6 is 0 Å². The highest BCUT2D eigenvalue weighted by Gasteiger charge is 2.40. The lowest BCUT2D eigenvalue weighted by Gasteiger charge is -2.37. The predicted molar refractivity (Wildman–Crippen MR) is 105 cm³/mol. The monoisotopic (exact) mass is 403 g/mol. The molecule has 0 saturated carbocycles. The van der Waals surface area contributed by atoms with Crippen LogP contribution in [-0.4, -0.2) is 72.9 Å². The summed E-state index contributed by atoms with van der Waals surface area (Å²) in [5.41, 5.74) is 2.16. The fourth-order valence-corrected chi connectivity index (χ4v) is 5.64. The van der Waals surface area contributed by atoms with Crippen LogP contribution in [0.1, 0.15) is 21.7 Å². The van der Waals surface area contributed by atoms with Crippen molar-refractivity contribution in [1.82, 2.24) is 14.1 Å². The number of benzene rings is 1. The molecule has 3 heterocycles. The van der Waals surface area contributed by atoms with Gasteiger partial charge in [0.25, 0.3) is 5.91 Å². The largest absolute Gasteiger partial charge is 0.459 e. The molecule has 0 bridgehead atoms. The van der Waals surface area contributed by atoms with Gasteiger partial charge in [-0.15, -0.1) is 0 Å². The number of piperazine rings is 1. The standard InChI is InChI=1S/C20H25N3O4S/c1-16-4-6-17(7-5-16)13-23-14-18(15-28(23,25)26)21-8-10-22(11-9-21)20(24)19-3-2-12-27-19/h2-7,12,18H,8-11,13-15H2,1H3. The maximum Gasteiger partial charge on any atom is 0.289 e. The second kappa shape index (κ2) is 7.69. The van der Waals surface area contributed by atoms with Crippen LogP contribution in [0.5, 0.6) is 0 Å². The van der Waals surface area contributed by atoms with Gasteiger partial charge in [0.05, 0.1) is 12.0 Å². The molecule has 1 unspecified atom stereocenters. The minimum Gasteiger partial charge on any atom is -0.459 e. The van der Waals surface area contributed by atoms with Crippen molar-refractivity contribution in [3.05, 3.63) is 59.5 Å². The first kappa shape index (κ1) is 19.2. The van der Waals surface area contributed by atoms with Gasteiger partial charge < -0.3 is 9.32 Å². The fraction of sp³-hybridized carbons (Fsp3) is 0.450. The third kappa shape index (κ3) is 3.99. The molecule has 0 radical (unpaired) electrons. The van der Waals surface area contributed by atoms with Crippen LogP contribution in [0.4, 0.5) is 0 Å². The second-order valence-corrected chi connectivity index (χ2v) is 9.53. The molecule has 1 aromatic heterocycles. The summed E-state index contributed by atoms with van der Waals surface area (Å²) in [7, 11) is -3.26. The van der Waals surface area contributed by atoms with Crippen LogP contribution in [-0.2, 0) is 16.6 Å². The molecule has 7 nitrogen and oxygen atoms in total. The minimum atomic E-state index is -3.26. The predicted octanol–water partition coefficient (Wildman–Crippen LogP) is 1.56. The number of rotatable bonds is 4. The fourth-order valence-electron chi connectivity index (χ4n) is 3.88. The van der Waals surface area contributed by atoms with E-state index in [1.807, 2.05) is 31.2 Å². The van der Waals surface area contributed by atoms with Crippen LogP contribution in [0.15, 0.2) is 47.1 Å². The number of hydrogen-bond donors (Lipinski definition) is 0. The third-order valence-electron chi connectivity index (χ3n) is 5.54. The normalized spacial score (nSPS) is 23.2. The Hall–Kier alpha value is -2.16. The van der Waals surface area contributed by atoms with E-state index in [9.17, 15) is 13.2 Å². The van der Waals surface area contributed by atoms with Crippen LogP contribution in [0.25, 0.3) is 0 Å². The molecule has 1 aromatic carbocycles. The van der Waals surface area contributed by atoms with E-state index in [-0.39, 0.29) is 17.7 Å². The van der Waals surface area contributed by atoms with Gasteiger partial charge in [-0.1, -0.05) is 29.8 Å². The topological polar surface area (TPSA) is 74.1 Å². The molecular formula is C20H25N3O4S. The van der Waals surface area contributed by atoms with Crippen molar-refractivity contribution in [2.45, 2.75) is 19.5 Å². The number of furan rings is 1. The van der Waals surface area contributed by atoms with Gasteiger partial charge in [-0.05, 0) is 24.6 Å². The van der Waals surface area contributed by atoms with E-state index in [0.717, 1.165) is 11.1 Å². The summed E-state index contributed by atoms with van der Waals surface area (Å²) < 4.78 is 32.0. The number of carbonyl (C=O) groups is 1. The lowest BCUT2D eigenvalue weighted by molar-refractivity contribution is 0.0553. The average molecular weight is 404 g/mol. The minimum absolute atomic E-state index is 0.0312. The van der Waals surface area contributed by atoms with E-state index in [4.69, 9.17) is 4.42 Å². The highest BCUT2D eigenvalue weighted by atomic mass is 32.2. The van der Waals surface area contributed by atoms with Crippen molar-refractivity contribution in [1.29, 1.82) is 0 Å². The molecule has 2 aliphatic heterocycles. The van der Waals surface area contributed by atoms with Gasteiger partial charge in [0.2, 0.25) is 10.0 Å². The number of nitrogens with zero attached hydrogens (tertiary/aromatic N) is 3. The van der Waals surface area contributed by atoms with Crippen molar-refractivity contribution in [3.63, 3.8) is 0 Å². The Labute approximate surface area is 165 Å². The van der Waals surface area contributed by atoms with E-state index >= 15 is 0 Å². The summed E-state index contributed by atoms with van der Waals surface area (Å²) in [5, 5.41) is 0. The smallest absolute Gasteiger partial charge is 0.289 e. The Morgan fingerprint density at radius 1 is 1.11 bits per heavy atom. The number of amides is 1. The third-order valence-corrected chi connectivity index (χ3v) is 7.41. The van der Waals surface area contributed by atoms with Crippen molar-refractivity contribution in [2.75, 3.05) is 38.5 Å². The van der Waals surface area contributed by atoms with Gasteiger partial charge in [-0.2, -0.15) is 4.31 Å². The molecule has 2 fully saturated rings. The van der Waals surface area contributed by atoms with E-state index in [1.165, 1.54) is 6.26 Å². The summed E-state index contributed by atoms with van der Waals surface area (Å²) in [6.07, 6.45) is 1.50. The Balaban J connectivity index is 1.35. The molecule has 4 rings (SSSR count). The van der Waals surface area contributed by atoms with Crippen molar-refractivity contribution < 1.29 is 17.6 Å². The molecule has 0 spiro atoms. The maximum absolute atomic E-state index is 12.6. The van der Waals surface area contributed by atoms with Crippen molar-refractivity contribution in [3.8, 4) is 0 Å². The number of aryl methyl sites for hydroxylation is 1. The van der Waals surface area contributed by atoms with Gasteiger partial charge in [0.1, 0.15) is 0 Å². The Kier molecular flexibility index (Phi) is 5.27. The van der Waals surface area contributed by atoms with Gasteiger partial charge in [-0.25, -0.2) is 8.42 Å². The SMILES string of the molecule is Cc1ccc(CN2CC(N3CCN(C(=O)c4ccco4)CC3)CS2(=O)=O)cc1. The van der Waals surface area contributed by atoms with Gasteiger partial charge in [-0.3, -0.25) is 9.69 Å². The van der Waals surface area contributed by atoms with E-state index in [0.29, 0.717) is 45.0 Å². The molecule has 1 amide bonds. The second-order valence-electron chi connectivity index (χ2n) is 7.52. The van der Waals surface area contributed by atoms with E-state index in [1.54, 1.807) is 21.3 Å². The van der Waals surface area contributed by atoms with Crippen LogP contribution < -0.4 is 0 Å². The maximum atomic E-state index is 12.6. The zero-order valence-corrected chi connectivity index (χ0v) is 16.8. The van der Waals surface area contributed by atoms with Gasteiger partial charge in [0.15, 0.2) is 5.76 Å². The van der Waals surface area contributed by atoms with Crippen LogP contribution in [0.3, 0.4) is 0 Å². The van der Waals surface area contributed by atoms with Crippen LogP contribution in [0.2, 0.25) is 0 Å². The molecule has 2 aliphatic rings. The van der Waals surface area contributed by atoms with Gasteiger partial charge >= 0.3 is 0 Å². The first-order chi connectivity index (χ1) is 13.4. The summed E-state index contributed by atoms with van der Waals surface area (Å²) in [6, 6.07) is 11.3. The highest BCUT2D eigenvalue weighted by molar-refractivity contribution is 7.89. The zero-order chi connectivity index (χ0) is 19.7. The zero-order valence-electron chi connectivity index (χ0n) is 16.0. The molecular weight excluding hydrogens is 378 g/mol. The molecule has 0 N–H and O–H groups in total. The first-order valence-corrected chi connectivity index (χ1v) is 11.1. The van der Waals surface area contributed by atoms with Crippen molar-refractivity contribution in [2.24, 2.45) is 0 Å². The summed E-state index contributed by atoms with van der Waals surface area (Å²) in [5.74, 6) is 0.385. The average Bonchev–Trinajstić information content (AvgIpc) is 3.32. The Bertz CT molecular complexity index is 917. The molecule has 150 valence electrons. The molecule has 2 saturated heterocycles. The molecule has 2 aromatic rings. The summed E-state index contributed by atoms with van der Waals surface area (Å²) in [6.45, 7) is 5.43. The van der Waals surface area contributed by atoms with Crippen molar-refractivity contribution >= 4 is 15.9 Å². The highest BCUT2D eigenvalue weighted by Crippen LogP contribution is 2.23. The lowest BCUT2D eigenvalue weighted by Crippen LogP contribution is -2.53. The summed E-state index contributed by atoms with van der Waals surface area (Å²) in [4.78, 5) is 16.3. The quantitative estimate of drug-likeness (QED) is 0.775. The number of carbonyl (C=O) groups excluding carboxylic acids is 1. The molecule has 8 heteroatoms. The molecule has 28 heavy (non-hydrogen) atoms.